The van der Waals surface area contributed by atoms with Gasteiger partial charge in [-0.15, -0.1) is 15.3 Å². The van der Waals surface area contributed by atoms with Crippen LogP contribution in [0.4, 0.5) is 10.2 Å². The number of rotatable bonds is 10. The quantitative estimate of drug-likeness (QED) is 0.468. The first-order chi connectivity index (χ1) is 15.6. The van der Waals surface area contributed by atoms with E-state index >= 15 is 0 Å². The van der Waals surface area contributed by atoms with Crippen LogP contribution in [0.1, 0.15) is 37.1 Å². The second kappa shape index (κ2) is 10.2. The topological polar surface area (TPSA) is 105 Å². The molecule has 3 aromatic rings. The van der Waals surface area contributed by atoms with Crippen molar-refractivity contribution in [1.82, 2.24) is 30.0 Å². The van der Waals surface area contributed by atoms with Gasteiger partial charge in [0.25, 0.3) is 0 Å². The van der Waals surface area contributed by atoms with Gasteiger partial charge in [0.2, 0.25) is 11.8 Å². The Hall–Kier alpha value is -3.56. The number of likely N-dealkylation sites (tertiary alicyclic amines) is 1. The van der Waals surface area contributed by atoms with Gasteiger partial charge < -0.3 is 15.5 Å². The predicted molar refractivity (Wildman–Crippen MR) is 116 cm³/mol. The van der Waals surface area contributed by atoms with Crippen LogP contribution in [0.3, 0.4) is 0 Å². The summed E-state index contributed by atoms with van der Waals surface area (Å²) in [5.41, 5.74) is 1.44. The van der Waals surface area contributed by atoms with Crippen LogP contribution in [0, 0.1) is 5.82 Å². The lowest BCUT2D eigenvalue weighted by atomic mass is 10.2. The minimum atomic E-state index is -0.304. The number of hydrogen-bond donors (Lipinski definition) is 2. The summed E-state index contributed by atoms with van der Waals surface area (Å²) in [4.78, 5) is 25.7. The second-order valence-electron chi connectivity index (χ2n) is 7.77. The molecule has 1 fully saturated rings. The van der Waals surface area contributed by atoms with Gasteiger partial charge in [0, 0.05) is 45.4 Å². The number of aryl methyl sites for hydroxylation is 1. The van der Waals surface area contributed by atoms with Crippen LogP contribution in [-0.4, -0.2) is 56.2 Å². The monoisotopic (exact) mass is 439 g/mol. The van der Waals surface area contributed by atoms with E-state index in [0.717, 1.165) is 31.5 Å². The molecule has 0 aliphatic carbocycles. The van der Waals surface area contributed by atoms with Gasteiger partial charge in [-0.05, 0) is 42.7 Å². The molecule has 0 radical (unpaired) electrons. The van der Waals surface area contributed by atoms with Crippen molar-refractivity contribution in [2.24, 2.45) is 0 Å². The lowest BCUT2D eigenvalue weighted by Crippen LogP contribution is -2.27. The van der Waals surface area contributed by atoms with Gasteiger partial charge >= 0.3 is 0 Å². The van der Waals surface area contributed by atoms with Crippen LogP contribution in [-0.2, 0) is 22.6 Å². The molecule has 4 rings (SSSR count). The maximum atomic E-state index is 13.0. The third-order valence-corrected chi connectivity index (χ3v) is 5.39. The van der Waals surface area contributed by atoms with Crippen LogP contribution in [0.25, 0.3) is 5.65 Å². The third kappa shape index (κ3) is 5.57. The van der Waals surface area contributed by atoms with Crippen molar-refractivity contribution in [3.63, 3.8) is 0 Å². The van der Waals surface area contributed by atoms with E-state index in [1.165, 1.54) is 12.1 Å². The number of nitrogens with zero attached hydrogens (tertiary/aromatic N) is 5. The van der Waals surface area contributed by atoms with Crippen molar-refractivity contribution in [2.75, 3.05) is 25.0 Å². The van der Waals surface area contributed by atoms with E-state index in [2.05, 4.69) is 25.9 Å². The fourth-order valence-electron chi connectivity index (χ4n) is 3.63. The number of carbonyl (C=O) groups is 2. The van der Waals surface area contributed by atoms with Crippen molar-refractivity contribution >= 4 is 23.3 Å². The number of anilines is 1. The molecule has 1 saturated heterocycles. The van der Waals surface area contributed by atoms with Gasteiger partial charge in [-0.25, -0.2) is 4.39 Å². The van der Waals surface area contributed by atoms with E-state index in [1.807, 2.05) is 17.0 Å². The fraction of sp³-hybridized carbons (Fsp3) is 0.409. The molecule has 1 aromatic carbocycles. The largest absolute Gasteiger partial charge is 0.369 e. The van der Waals surface area contributed by atoms with Crippen LogP contribution in [0.5, 0.6) is 0 Å². The zero-order valence-electron chi connectivity index (χ0n) is 17.8. The Labute approximate surface area is 185 Å². The third-order valence-electron chi connectivity index (χ3n) is 5.39. The molecule has 2 N–H and O–H groups in total. The minimum absolute atomic E-state index is 0.128. The highest BCUT2D eigenvalue weighted by Crippen LogP contribution is 2.11. The zero-order chi connectivity index (χ0) is 22.3. The van der Waals surface area contributed by atoms with Crippen molar-refractivity contribution in [3.05, 3.63) is 53.6 Å². The SMILES string of the molecule is O=C(CCc1nnc2ccc(NCCCN3CCCC3=O)nn12)NCc1ccc(F)cc1. The lowest BCUT2D eigenvalue weighted by Gasteiger charge is -2.15. The summed E-state index contributed by atoms with van der Waals surface area (Å²) in [6.45, 7) is 2.64. The molecule has 0 bridgehead atoms. The average Bonchev–Trinajstić information content (AvgIpc) is 3.40. The first-order valence-electron chi connectivity index (χ1n) is 10.8. The Kier molecular flexibility index (Phi) is 6.88. The summed E-state index contributed by atoms with van der Waals surface area (Å²) in [5, 5.41) is 18.9. The number of benzene rings is 1. The normalized spacial score (nSPS) is 13.7. The van der Waals surface area contributed by atoms with Crippen molar-refractivity contribution in [1.29, 1.82) is 0 Å². The van der Waals surface area contributed by atoms with Crippen LogP contribution in [0.15, 0.2) is 36.4 Å². The van der Waals surface area contributed by atoms with Gasteiger partial charge in [0.15, 0.2) is 11.5 Å². The summed E-state index contributed by atoms with van der Waals surface area (Å²) in [7, 11) is 0. The van der Waals surface area contributed by atoms with Crippen LogP contribution in [0.2, 0.25) is 0 Å². The standard InChI is InChI=1S/C22H26FN7O2/c23-17-6-4-16(5-7-17)15-25-21(31)11-10-20-27-26-19-9-8-18(28-30(19)20)24-12-2-14-29-13-1-3-22(29)32/h4-9H,1-3,10-15H2,(H,24,28)(H,25,31). The van der Waals surface area contributed by atoms with E-state index in [9.17, 15) is 14.0 Å². The highest BCUT2D eigenvalue weighted by atomic mass is 19.1. The molecule has 0 atom stereocenters. The van der Waals surface area contributed by atoms with E-state index in [1.54, 1.807) is 16.6 Å². The Balaban J connectivity index is 1.25. The smallest absolute Gasteiger partial charge is 0.222 e. The van der Waals surface area contributed by atoms with Crippen molar-refractivity contribution in [3.8, 4) is 0 Å². The number of amides is 2. The number of hydrogen-bond acceptors (Lipinski definition) is 6. The van der Waals surface area contributed by atoms with E-state index in [-0.39, 0.29) is 24.1 Å². The minimum Gasteiger partial charge on any atom is -0.369 e. The van der Waals surface area contributed by atoms with Crippen LogP contribution < -0.4 is 10.6 Å². The molecule has 2 amide bonds. The van der Waals surface area contributed by atoms with Crippen molar-refractivity contribution < 1.29 is 14.0 Å². The number of fused-ring (bicyclic) bond motifs is 1. The van der Waals surface area contributed by atoms with E-state index in [4.69, 9.17) is 0 Å². The first kappa shape index (κ1) is 21.7. The van der Waals surface area contributed by atoms with Crippen LogP contribution >= 0.6 is 0 Å². The Morgan fingerprint density at radius 2 is 1.97 bits per heavy atom. The molecule has 0 unspecified atom stereocenters. The predicted octanol–water partition coefficient (Wildman–Crippen LogP) is 1.94. The number of aromatic nitrogens is 4. The molecule has 0 saturated carbocycles. The molecular formula is C22H26FN7O2. The van der Waals surface area contributed by atoms with E-state index in [0.29, 0.717) is 43.2 Å². The first-order valence-corrected chi connectivity index (χ1v) is 10.8. The molecule has 1 aliphatic heterocycles. The number of nitrogens with one attached hydrogen (secondary N) is 2. The highest BCUT2D eigenvalue weighted by molar-refractivity contribution is 5.78. The number of carbonyl (C=O) groups excluding carboxylic acids is 2. The van der Waals surface area contributed by atoms with Gasteiger partial charge in [-0.2, -0.15) is 4.52 Å². The zero-order valence-corrected chi connectivity index (χ0v) is 17.8. The summed E-state index contributed by atoms with van der Waals surface area (Å²) in [6, 6.07) is 9.68. The second-order valence-corrected chi connectivity index (χ2v) is 7.77. The molecule has 2 aromatic heterocycles. The summed E-state index contributed by atoms with van der Waals surface area (Å²) in [5.74, 6) is 1.09. The van der Waals surface area contributed by atoms with Gasteiger partial charge in [-0.1, -0.05) is 12.1 Å². The summed E-state index contributed by atoms with van der Waals surface area (Å²) >= 11 is 0. The molecule has 3 heterocycles. The van der Waals surface area contributed by atoms with Crippen molar-refractivity contribution in [2.45, 2.75) is 38.6 Å². The molecular weight excluding hydrogens is 413 g/mol. The molecule has 168 valence electrons. The summed E-state index contributed by atoms with van der Waals surface area (Å²) in [6.07, 6.45) is 3.08. The van der Waals surface area contributed by atoms with Gasteiger partial charge in [0.1, 0.15) is 11.6 Å². The maximum Gasteiger partial charge on any atom is 0.222 e. The molecule has 9 nitrogen and oxygen atoms in total. The Morgan fingerprint density at radius 3 is 2.75 bits per heavy atom. The molecule has 1 aliphatic rings. The lowest BCUT2D eigenvalue weighted by molar-refractivity contribution is -0.127. The molecule has 0 spiro atoms. The summed E-state index contributed by atoms with van der Waals surface area (Å²) < 4.78 is 14.6. The highest BCUT2D eigenvalue weighted by Gasteiger charge is 2.19. The van der Waals surface area contributed by atoms with E-state index < -0.39 is 0 Å². The fourth-order valence-corrected chi connectivity index (χ4v) is 3.63. The maximum absolute atomic E-state index is 13.0. The molecule has 10 heteroatoms. The Morgan fingerprint density at radius 1 is 1.12 bits per heavy atom. The Bertz CT molecular complexity index is 1080. The average molecular weight is 439 g/mol. The molecule has 32 heavy (non-hydrogen) atoms. The number of halogens is 1. The van der Waals surface area contributed by atoms with Gasteiger partial charge in [-0.3, -0.25) is 9.59 Å². The van der Waals surface area contributed by atoms with Gasteiger partial charge in [0.05, 0.1) is 0 Å².